The van der Waals surface area contributed by atoms with E-state index in [0.717, 1.165) is 10.0 Å². The fourth-order valence-corrected chi connectivity index (χ4v) is 2.71. The van der Waals surface area contributed by atoms with Crippen molar-refractivity contribution in [2.24, 2.45) is 4.99 Å². The first-order valence-corrected chi connectivity index (χ1v) is 8.05. The molecule has 0 unspecified atom stereocenters. The molecule has 1 aliphatic rings. The molecule has 2 rings (SSSR count). The number of aliphatic imine (C=N–C) groups is 1. The van der Waals surface area contributed by atoms with Crippen LogP contribution in [0.2, 0.25) is 0 Å². The maximum atomic E-state index is 11.5. The SMILES string of the molecule is CN=C(NCCN1C(=O)CNC1=O)N(C)Cc1ccccc1Br.I. The number of carbonyl (C=O) groups excluding carboxylic acids is 2. The van der Waals surface area contributed by atoms with Crippen LogP contribution in [0.5, 0.6) is 0 Å². The van der Waals surface area contributed by atoms with Crippen LogP contribution >= 0.6 is 39.9 Å². The molecule has 1 aromatic carbocycles. The maximum absolute atomic E-state index is 11.5. The summed E-state index contributed by atoms with van der Waals surface area (Å²) in [6.07, 6.45) is 0. The molecule has 7 nitrogen and oxygen atoms in total. The second kappa shape index (κ2) is 9.82. The molecule has 1 aromatic rings. The van der Waals surface area contributed by atoms with Crippen molar-refractivity contribution in [1.29, 1.82) is 0 Å². The van der Waals surface area contributed by atoms with Gasteiger partial charge in [-0.2, -0.15) is 0 Å². The van der Waals surface area contributed by atoms with Gasteiger partial charge in [0.25, 0.3) is 0 Å². The van der Waals surface area contributed by atoms with Crippen LogP contribution in [0.3, 0.4) is 0 Å². The van der Waals surface area contributed by atoms with Crippen molar-refractivity contribution < 1.29 is 9.59 Å². The van der Waals surface area contributed by atoms with E-state index in [2.05, 4.69) is 31.6 Å². The third-order valence-electron chi connectivity index (χ3n) is 3.49. The number of nitrogens with zero attached hydrogens (tertiary/aromatic N) is 3. The minimum Gasteiger partial charge on any atom is -0.354 e. The summed E-state index contributed by atoms with van der Waals surface area (Å²) >= 11 is 3.53. The lowest BCUT2D eigenvalue weighted by atomic mass is 10.2. The Bertz CT molecular complexity index is 610. The Hall–Kier alpha value is -1.36. The van der Waals surface area contributed by atoms with E-state index in [4.69, 9.17) is 0 Å². The molecule has 2 N–H and O–H groups in total. The Balaban J connectivity index is 0.00000288. The van der Waals surface area contributed by atoms with Gasteiger partial charge in [0.2, 0.25) is 5.91 Å². The highest BCUT2D eigenvalue weighted by molar-refractivity contribution is 14.0. The first kappa shape index (κ1) is 20.7. The summed E-state index contributed by atoms with van der Waals surface area (Å²) < 4.78 is 1.04. The first-order valence-electron chi connectivity index (χ1n) is 7.26. The molecule has 1 heterocycles. The zero-order valence-corrected chi connectivity index (χ0v) is 17.5. The largest absolute Gasteiger partial charge is 0.354 e. The van der Waals surface area contributed by atoms with Crippen LogP contribution in [0, 0.1) is 0 Å². The third kappa shape index (κ3) is 5.33. The molecule has 0 spiro atoms. The Morgan fingerprint density at radius 1 is 1.42 bits per heavy atom. The number of urea groups is 1. The normalized spacial score (nSPS) is 14.3. The Morgan fingerprint density at radius 2 is 2.12 bits per heavy atom. The molecule has 1 aliphatic heterocycles. The van der Waals surface area contributed by atoms with Gasteiger partial charge in [-0.25, -0.2) is 4.79 Å². The molecule has 1 saturated heterocycles. The molecule has 0 bridgehead atoms. The highest BCUT2D eigenvalue weighted by Crippen LogP contribution is 2.17. The van der Waals surface area contributed by atoms with Gasteiger partial charge in [-0.3, -0.25) is 14.7 Å². The Labute approximate surface area is 167 Å². The zero-order chi connectivity index (χ0) is 16.8. The van der Waals surface area contributed by atoms with E-state index in [1.54, 1.807) is 7.05 Å². The molecule has 24 heavy (non-hydrogen) atoms. The lowest BCUT2D eigenvalue weighted by Gasteiger charge is -2.23. The van der Waals surface area contributed by atoms with Crippen molar-refractivity contribution in [2.75, 3.05) is 33.7 Å². The highest BCUT2D eigenvalue weighted by atomic mass is 127. The zero-order valence-electron chi connectivity index (χ0n) is 13.6. The molecular weight excluding hydrogens is 489 g/mol. The van der Waals surface area contributed by atoms with E-state index in [0.29, 0.717) is 25.6 Å². The fourth-order valence-electron chi connectivity index (χ4n) is 2.30. The van der Waals surface area contributed by atoms with Crippen LogP contribution in [0.25, 0.3) is 0 Å². The van der Waals surface area contributed by atoms with E-state index in [-0.39, 0.29) is 42.5 Å². The molecule has 3 amide bonds. The average molecular weight is 510 g/mol. The van der Waals surface area contributed by atoms with Gasteiger partial charge in [-0.15, -0.1) is 24.0 Å². The van der Waals surface area contributed by atoms with Crippen molar-refractivity contribution in [2.45, 2.75) is 6.54 Å². The number of benzene rings is 1. The van der Waals surface area contributed by atoms with Gasteiger partial charge in [0, 0.05) is 38.2 Å². The lowest BCUT2D eigenvalue weighted by molar-refractivity contribution is -0.124. The molecule has 0 saturated carbocycles. The molecule has 1 fully saturated rings. The van der Waals surface area contributed by atoms with Gasteiger partial charge in [0.15, 0.2) is 5.96 Å². The lowest BCUT2D eigenvalue weighted by Crippen LogP contribution is -2.43. The molecule has 0 atom stereocenters. The van der Waals surface area contributed by atoms with Crippen molar-refractivity contribution >= 4 is 57.8 Å². The van der Waals surface area contributed by atoms with Gasteiger partial charge in [0.05, 0.1) is 6.54 Å². The van der Waals surface area contributed by atoms with Crippen LogP contribution in [0.15, 0.2) is 33.7 Å². The summed E-state index contributed by atoms with van der Waals surface area (Å²) in [5, 5.41) is 5.66. The standard InChI is InChI=1S/C15H20BrN5O2.HI/c1-17-14(18-7-8-21-13(22)9-19-15(21)23)20(2)10-11-5-3-4-6-12(11)16;/h3-6H,7-10H2,1-2H3,(H,17,18)(H,19,23);1H. The number of hydrogen-bond donors (Lipinski definition) is 2. The van der Waals surface area contributed by atoms with Gasteiger partial charge < -0.3 is 15.5 Å². The average Bonchev–Trinajstić information content (AvgIpc) is 2.85. The van der Waals surface area contributed by atoms with Gasteiger partial charge in [0.1, 0.15) is 0 Å². The molecule has 132 valence electrons. The maximum Gasteiger partial charge on any atom is 0.324 e. The molecule has 0 aromatic heterocycles. The van der Waals surface area contributed by atoms with Crippen molar-refractivity contribution in [3.05, 3.63) is 34.3 Å². The highest BCUT2D eigenvalue weighted by Gasteiger charge is 2.27. The number of amides is 3. The van der Waals surface area contributed by atoms with E-state index in [9.17, 15) is 9.59 Å². The number of hydrogen-bond acceptors (Lipinski definition) is 3. The van der Waals surface area contributed by atoms with Crippen LogP contribution in [-0.4, -0.2) is 61.4 Å². The van der Waals surface area contributed by atoms with Crippen molar-refractivity contribution in [3.63, 3.8) is 0 Å². The van der Waals surface area contributed by atoms with Crippen LogP contribution in [0.4, 0.5) is 4.79 Å². The quantitative estimate of drug-likeness (QED) is 0.274. The smallest absolute Gasteiger partial charge is 0.324 e. The van der Waals surface area contributed by atoms with E-state index in [1.165, 1.54) is 4.90 Å². The monoisotopic (exact) mass is 509 g/mol. The third-order valence-corrected chi connectivity index (χ3v) is 4.27. The fraction of sp³-hybridized carbons (Fsp3) is 0.400. The van der Waals surface area contributed by atoms with E-state index in [1.807, 2.05) is 36.2 Å². The van der Waals surface area contributed by atoms with Crippen LogP contribution in [-0.2, 0) is 11.3 Å². The number of imide groups is 1. The minimum atomic E-state index is -0.339. The second-order valence-corrected chi connectivity index (χ2v) is 5.98. The Kier molecular flexibility index (Phi) is 8.46. The predicted octanol–water partition coefficient (Wildman–Crippen LogP) is 1.63. The van der Waals surface area contributed by atoms with E-state index < -0.39 is 0 Å². The number of rotatable bonds is 5. The second-order valence-electron chi connectivity index (χ2n) is 5.13. The van der Waals surface area contributed by atoms with Gasteiger partial charge in [-0.1, -0.05) is 34.1 Å². The van der Waals surface area contributed by atoms with Crippen LogP contribution in [0.1, 0.15) is 5.56 Å². The van der Waals surface area contributed by atoms with Crippen molar-refractivity contribution in [1.82, 2.24) is 20.4 Å². The van der Waals surface area contributed by atoms with Gasteiger partial charge in [-0.05, 0) is 11.6 Å². The summed E-state index contributed by atoms with van der Waals surface area (Å²) in [5.74, 6) is 0.501. The molecule has 0 radical (unpaired) electrons. The van der Waals surface area contributed by atoms with Gasteiger partial charge >= 0.3 is 6.03 Å². The number of guanidine groups is 1. The summed E-state index contributed by atoms with van der Waals surface area (Å²) in [4.78, 5) is 30.4. The molecular formula is C15H21BrIN5O2. The molecule has 0 aliphatic carbocycles. The first-order chi connectivity index (χ1) is 11.0. The minimum absolute atomic E-state index is 0. The van der Waals surface area contributed by atoms with E-state index >= 15 is 0 Å². The Morgan fingerprint density at radius 3 is 2.71 bits per heavy atom. The number of halogens is 2. The summed E-state index contributed by atoms with van der Waals surface area (Å²) in [6, 6.07) is 7.66. The number of nitrogens with one attached hydrogen (secondary N) is 2. The summed E-state index contributed by atoms with van der Waals surface area (Å²) in [7, 11) is 3.63. The summed E-state index contributed by atoms with van der Waals surface area (Å²) in [5.41, 5.74) is 1.15. The summed E-state index contributed by atoms with van der Waals surface area (Å²) in [6.45, 7) is 1.53. The molecule has 9 heteroatoms. The topological polar surface area (TPSA) is 77.0 Å². The van der Waals surface area contributed by atoms with Crippen molar-refractivity contribution in [3.8, 4) is 0 Å². The number of carbonyl (C=O) groups is 2. The predicted molar refractivity (Wildman–Crippen MR) is 107 cm³/mol. The van der Waals surface area contributed by atoms with Crippen LogP contribution < -0.4 is 10.6 Å².